The molecule has 0 fully saturated rings. The summed E-state index contributed by atoms with van der Waals surface area (Å²) >= 11 is 0. The molecule has 1 aromatic carbocycles. The molecule has 0 amide bonds. The van der Waals surface area contributed by atoms with Crippen molar-refractivity contribution in [3.05, 3.63) is 29.3 Å². The number of rotatable bonds is 3. The molecule has 0 aromatic heterocycles. The standard InChI is InChI=1S/C9H14N2O2/c10-4-8(11)7-3-6(5-12)1-2-9(7)13/h1-3,8,12-13H,4-5,10-11H2/t8-/m0/s1. The third kappa shape index (κ3) is 2.18. The zero-order chi connectivity index (χ0) is 9.84. The van der Waals surface area contributed by atoms with Crippen molar-refractivity contribution in [2.75, 3.05) is 6.54 Å². The van der Waals surface area contributed by atoms with Crippen molar-refractivity contribution in [1.29, 1.82) is 0 Å². The molecule has 0 aliphatic rings. The molecule has 1 aromatic rings. The molecule has 0 unspecified atom stereocenters. The van der Waals surface area contributed by atoms with Crippen LogP contribution in [-0.2, 0) is 6.61 Å². The first-order chi connectivity index (χ1) is 6.19. The van der Waals surface area contributed by atoms with Crippen LogP contribution in [-0.4, -0.2) is 16.8 Å². The smallest absolute Gasteiger partial charge is 0.120 e. The normalized spacial score (nSPS) is 12.8. The molecule has 13 heavy (non-hydrogen) atoms. The van der Waals surface area contributed by atoms with E-state index < -0.39 is 0 Å². The predicted molar refractivity (Wildman–Crippen MR) is 50.0 cm³/mol. The van der Waals surface area contributed by atoms with Gasteiger partial charge in [0, 0.05) is 18.2 Å². The van der Waals surface area contributed by atoms with Gasteiger partial charge in [-0.15, -0.1) is 0 Å². The van der Waals surface area contributed by atoms with E-state index in [1.807, 2.05) is 0 Å². The van der Waals surface area contributed by atoms with Crippen LogP contribution in [0.3, 0.4) is 0 Å². The molecule has 72 valence electrons. The second kappa shape index (κ2) is 4.23. The lowest BCUT2D eigenvalue weighted by atomic mass is 10.0. The van der Waals surface area contributed by atoms with Crippen molar-refractivity contribution in [2.24, 2.45) is 11.5 Å². The van der Waals surface area contributed by atoms with Crippen LogP contribution in [0.25, 0.3) is 0 Å². The van der Waals surface area contributed by atoms with E-state index in [0.29, 0.717) is 5.56 Å². The van der Waals surface area contributed by atoms with E-state index in [4.69, 9.17) is 16.6 Å². The van der Waals surface area contributed by atoms with Crippen molar-refractivity contribution in [1.82, 2.24) is 0 Å². The Kier molecular flexibility index (Phi) is 3.25. The maximum atomic E-state index is 9.41. The molecule has 0 heterocycles. The lowest BCUT2D eigenvalue weighted by Crippen LogP contribution is -2.20. The zero-order valence-corrected chi connectivity index (χ0v) is 7.27. The van der Waals surface area contributed by atoms with Crippen LogP contribution in [0.15, 0.2) is 18.2 Å². The average molecular weight is 182 g/mol. The number of phenols is 1. The van der Waals surface area contributed by atoms with Gasteiger partial charge in [0.05, 0.1) is 6.61 Å². The van der Waals surface area contributed by atoms with Gasteiger partial charge in [-0.1, -0.05) is 6.07 Å². The van der Waals surface area contributed by atoms with Crippen LogP contribution in [0.2, 0.25) is 0 Å². The highest BCUT2D eigenvalue weighted by Crippen LogP contribution is 2.23. The van der Waals surface area contributed by atoms with Crippen LogP contribution in [0.1, 0.15) is 17.2 Å². The molecule has 0 aliphatic heterocycles. The summed E-state index contributed by atoms with van der Waals surface area (Å²) in [4.78, 5) is 0. The Hall–Kier alpha value is -1.10. The monoisotopic (exact) mass is 182 g/mol. The summed E-state index contributed by atoms with van der Waals surface area (Å²) in [5.74, 6) is 0.121. The summed E-state index contributed by atoms with van der Waals surface area (Å²) in [7, 11) is 0. The molecule has 1 rings (SSSR count). The van der Waals surface area contributed by atoms with E-state index in [9.17, 15) is 5.11 Å². The van der Waals surface area contributed by atoms with E-state index in [-0.39, 0.29) is 24.9 Å². The van der Waals surface area contributed by atoms with Crippen molar-refractivity contribution >= 4 is 0 Å². The van der Waals surface area contributed by atoms with Crippen LogP contribution in [0.5, 0.6) is 5.75 Å². The summed E-state index contributed by atoms with van der Waals surface area (Å²) < 4.78 is 0. The first-order valence-corrected chi connectivity index (χ1v) is 4.07. The fourth-order valence-electron chi connectivity index (χ4n) is 1.13. The van der Waals surface area contributed by atoms with Gasteiger partial charge in [-0.05, 0) is 17.7 Å². The van der Waals surface area contributed by atoms with Gasteiger partial charge in [0.1, 0.15) is 5.75 Å². The van der Waals surface area contributed by atoms with Crippen molar-refractivity contribution in [2.45, 2.75) is 12.6 Å². The number of benzene rings is 1. The highest BCUT2D eigenvalue weighted by atomic mass is 16.3. The SMILES string of the molecule is NC[C@H](N)c1cc(CO)ccc1O. The number of phenolic OH excluding ortho intramolecular Hbond substituents is 1. The second-order valence-electron chi connectivity index (χ2n) is 2.89. The van der Waals surface area contributed by atoms with E-state index in [1.165, 1.54) is 6.07 Å². The van der Waals surface area contributed by atoms with Crippen molar-refractivity contribution in [3.8, 4) is 5.75 Å². The van der Waals surface area contributed by atoms with E-state index in [0.717, 1.165) is 5.56 Å². The van der Waals surface area contributed by atoms with E-state index >= 15 is 0 Å². The highest BCUT2D eigenvalue weighted by Gasteiger charge is 2.09. The van der Waals surface area contributed by atoms with Gasteiger partial charge in [-0.3, -0.25) is 0 Å². The first kappa shape index (κ1) is 9.98. The number of hydrogen-bond donors (Lipinski definition) is 4. The fraction of sp³-hybridized carbons (Fsp3) is 0.333. The van der Waals surface area contributed by atoms with Gasteiger partial charge in [0.15, 0.2) is 0 Å². The lowest BCUT2D eigenvalue weighted by molar-refractivity contribution is 0.281. The lowest BCUT2D eigenvalue weighted by Gasteiger charge is -2.12. The Balaban J connectivity index is 3.03. The Morgan fingerprint density at radius 1 is 1.38 bits per heavy atom. The van der Waals surface area contributed by atoms with Gasteiger partial charge in [-0.25, -0.2) is 0 Å². The summed E-state index contributed by atoms with van der Waals surface area (Å²) in [5.41, 5.74) is 12.3. The summed E-state index contributed by atoms with van der Waals surface area (Å²) in [5, 5.41) is 18.3. The summed E-state index contributed by atoms with van der Waals surface area (Å²) in [6.45, 7) is 0.201. The van der Waals surface area contributed by atoms with Gasteiger partial charge in [0.25, 0.3) is 0 Å². The number of aliphatic hydroxyl groups is 1. The number of nitrogens with two attached hydrogens (primary N) is 2. The Morgan fingerprint density at radius 2 is 2.08 bits per heavy atom. The molecular weight excluding hydrogens is 168 g/mol. The fourth-order valence-corrected chi connectivity index (χ4v) is 1.13. The minimum atomic E-state index is -0.383. The number of aromatic hydroxyl groups is 1. The van der Waals surface area contributed by atoms with E-state index in [1.54, 1.807) is 12.1 Å². The van der Waals surface area contributed by atoms with Gasteiger partial charge in [-0.2, -0.15) is 0 Å². The first-order valence-electron chi connectivity index (χ1n) is 4.07. The minimum Gasteiger partial charge on any atom is -0.508 e. The average Bonchev–Trinajstić information content (AvgIpc) is 2.17. The molecule has 1 atom stereocenters. The number of hydrogen-bond acceptors (Lipinski definition) is 4. The molecule has 0 radical (unpaired) electrons. The Labute approximate surface area is 76.8 Å². The van der Waals surface area contributed by atoms with Gasteiger partial charge >= 0.3 is 0 Å². The molecule has 0 spiro atoms. The summed E-state index contributed by atoms with van der Waals surface area (Å²) in [6, 6.07) is 4.43. The second-order valence-corrected chi connectivity index (χ2v) is 2.89. The van der Waals surface area contributed by atoms with Crippen molar-refractivity contribution in [3.63, 3.8) is 0 Å². The third-order valence-corrected chi connectivity index (χ3v) is 1.93. The molecule has 0 bridgehead atoms. The van der Waals surface area contributed by atoms with Crippen molar-refractivity contribution < 1.29 is 10.2 Å². The minimum absolute atomic E-state index is 0.0649. The molecule has 0 saturated heterocycles. The molecule has 4 nitrogen and oxygen atoms in total. The summed E-state index contributed by atoms with van der Waals surface area (Å²) in [6.07, 6.45) is 0. The molecule has 4 heteroatoms. The largest absolute Gasteiger partial charge is 0.508 e. The van der Waals surface area contributed by atoms with Gasteiger partial charge < -0.3 is 21.7 Å². The van der Waals surface area contributed by atoms with E-state index in [2.05, 4.69) is 0 Å². The maximum Gasteiger partial charge on any atom is 0.120 e. The molecule has 6 N–H and O–H groups in total. The predicted octanol–water partition coefficient (Wildman–Crippen LogP) is -0.157. The third-order valence-electron chi connectivity index (χ3n) is 1.93. The quantitative estimate of drug-likeness (QED) is 0.522. The van der Waals surface area contributed by atoms with Crippen LogP contribution < -0.4 is 11.5 Å². The van der Waals surface area contributed by atoms with Crippen LogP contribution in [0, 0.1) is 0 Å². The topological polar surface area (TPSA) is 92.5 Å². The Morgan fingerprint density at radius 3 is 2.62 bits per heavy atom. The zero-order valence-electron chi connectivity index (χ0n) is 7.27. The molecule has 0 saturated carbocycles. The molecule has 0 aliphatic carbocycles. The Bertz CT molecular complexity index is 289. The van der Waals surface area contributed by atoms with Gasteiger partial charge in [0.2, 0.25) is 0 Å². The van der Waals surface area contributed by atoms with Crippen LogP contribution in [0.4, 0.5) is 0 Å². The van der Waals surface area contributed by atoms with Crippen LogP contribution >= 0.6 is 0 Å². The number of aliphatic hydroxyl groups excluding tert-OH is 1. The molecular formula is C9H14N2O2. The maximum absolute atomic E-state index is 9.41. The highest BCUT2D eigenvalue weighted by molar-refractivity contribution is 5.38.